The first-order valence-corrected chi connectivity index (χ1v) is 9.37. The Morgan fingerprint density at radius 3 is 2.39 bits per heavy atom. The van der Waals surface area contributed by atoms with E-state index in [1.165, 1.54) is 7.11 Å². The number of esters is 1. The van der Waals surface area contributed by atoms with Crippen molar-refractivity contribution in [1.29, 1.82) is 0 Å². The fourth-order valence-electron chi connectivity index (χ4n) is 2.98. The summed E-state index contributed by atoms with van der Waals surface area (Å²) >= 11 is 0. The fourth-order valence-corrected chi connectivity index (χ4v) is 2.98. The zero-order valence-corrected chi connectivity index (χ0v) is 16.9. The molecule has 1 fully saturated rings. The number of amides is 2. The monoisotopic (exact) mass is 391 g/mol. The topological polar surface area (TPSA) is 97.0 Å². The minimum atomic E-state index is -0.524. The van der Waals surface area contributed by atoms with Gasteiger partial charge < -0.3 is 20.1 Å². The lowest BCUT2D eigenvalue weighted by Gasteiger charge is -2.32. The molecule has 0 atom stereocenters. The molecule has 8 nitrogen and oxygen atoms in total. The number of para-hydroxylation sites is 1. The molecule has 0 spiro atoms. The summed E-state index contributed by atoms with van der Waals surface area (Å²) in [6.45, 7) is 7.07. The van der Waals surface area contributed by atoms with E-state index in [9.17, 15) is 14.4 Å². The Kier molecular flexibility index (Phi) is 7.39. The maximum atomic E-state index is 12.4. The van der Waals surface area contributed by atoms with Crippen molar-refractivity contribution < 1.29 is 23.9 Å². The molecule has 1 aromatic rings. The highest BCUT2D eigenvalue weighted by Crippen LogP contribution is 2.17. The molecule has 28 heavy (non-hydrogen) atoms. The van der Waals surface area contributed by atoms with E-state index < -0.39 is 17.7 Å². The number of carbonyl (C=O) groups excluding carboxylic acids is 3. The molecule has 154 valence electrons. The van der Waals surface area contributed by atoms with Crippen LogP contribution in [0.2, 0.25) is 0 Å². The van der Waals surface area contributed by atoms with E-state index in [2.05, 4.69) is 10.6 Å². The van der Waals surface area contributed by atoms with E-state index in [1.54, 1.807) is 24.3 Å². The zero-order valence-electron chi connectivity index (χ0n) is 16.9. The van der Waals surface area contributed by atoms with Crippen LogP contribution in [0.3, 0.4) is 0 Å². The Labute approximate surface area is 165 Å². The number of nitrogens with zero attached hydrogens (tertiary/aromatic N) is 1. The molecule has 1 aromatic carbocycles. The molecule has 0 aromatic heterocycles. The highest BCUT2D eigenvalue weighted by molar-refractivity contribution is 6.01. The number of nitrogens with one attached hydrogen (secondary N) is 2. The second kappa shape index (κ2) is 9.54. The lowest BCUT2D eigenvalue weighted by molar-refractivity contribution is -0.117. The van der Waals surface area contributed by atoms with E-state index in [0.29, 0.717) is 24.3 Å². The number of rotatable bonds is 5. The zero-order chi connectivity index (χ0) is 20.7. The summed E-state index contributed by atoms with van der Waals surface area (Å²) in [5, 5.41) is 5.65. The summed E-state index contributed by atoms with van der Waals surface area (Å²) in [4.78, 5) is 38.0. The van der Waals surface area contributed by atoms with Crippen LogP contribution in [0.1, 0.15) is 44.0 Å². The van der Waals surface area contributed by atoms with Crippen LogP contribution in [0.25, 0.3) is 0 Å². The molecule has 1 saturated heterocycles. The van der Waals surface area contributed by atoms with E-state index in [1.807, 2.05) is 25.7 Å². The third-order valence-corrected chi connectivity index (χ3v) is 4.28. The maximum absolute atomic E-state index is 12.4. The number of methoxy groups -OCH3 is 1. The number of carbonyl (C=O) groups is 3. The SMILES string of the molecule is COC(=O)c1ccccc1NC(=O)CN1CCC(NC(=O)OC(C)(C)C)CC1. The molecular formula is C20H29N3O5. The number of piperidine rings is 1. The Balaban J connectivity index is 1.80. The fraction of sp³-hybridized carbons (Fsp3) is 0.550. The number of benzene rings is 1. The van der Waals surface area contributed by atoms with Crippen LogP contribution in [-0.4, -0.2) is 61.3 Å². The molecule has 0 radical (unpaired) electrons. The van der Waals surface area contributed by atoms with Crippen LogP contribution in [-0.2, 0) is 14.3 Å². The molecule has 0 unspecified atom stereocenters. The smallest absolute Gasteiger partial charge is 0.407 e. The Hall–Kier alpha value is -2.61. The van der Waals surface area contributed by atoms with E-state index in [0.717, 1.165) is 12.8 Å². The normalized spacial score (nSPS) is 15.6. The van der Waals surface area contributed by atoms with Gasteiger partial charge >= 0.3 is 12.1 Å². The van der Waals surface area contributed by atoms with Crippen LogP contribution in [0.5, 0.6) is 0 Å². The minimum absolute atomic E-state index is 0.0363. The van der Waals surface area contributed by atoms with Gasteiger partial charge in [0.1, 0.15) is 5.60 Å². The molecule has 1 aliphatic heterocycles. The van der Waals surface area contributed by atoms with Gasteiger partial charge in [0, 0.05) is 19.1 Å². The predicted molar refractivity (Wildman–Crippen MR) is 105 cm³/mol. The quantitative estimate of drug-likeness (QED) is 0.748. The second-order valence-corrected chi connectivity index (χ2v) is 7.78. The number of anilines is 1. The first-order valence-electron chi connectivity index (χ1n) is 9.37. The van der Waals surface area contributed by atoms with Gasteiger partial charge in [-0.05, 0) is 45.7 Å². The van der Waals surface area contributed by atoms with Crippen molar-refractivity contribution in [1.82, 2.24) is 10.2 Å². The number of hydrogen-bond donors (Lipinski definition) is 2. The van der Waals surface area contributed by atoms with Crippen LogP contribution in [0.4, 0.5) is 10.5 Å². The molecule has 2 N–H and O–H groups in total. The van der Waals surface area contributed by atoms with Crippen molar-refractivity contribution in [2.75, 3.05) is 32.1 Å². The average Bonchev–Trinajstić information content (AvgIpc) is 2.61. The molecule has 0 bridgehead atoms. The Bertz CT molecular complexity index is 706. The van der Waals surface area contributed by atoms with E-state index >= 15 is 0 Å². The van der Waals surface area contributed by atoms with Crippen LogP contribution in [0.15, 0.2) is 24.3 Å². The summed E-state index contributed by atoms with van der Waals surface area (Å²) in [6.07, 6.45) is 1.07. The summed E-state index contributed by atoms with van der Waals surface area (Å²) in [7, 11) is 1.30. The molecule has 1 heterocycles. The van der Waals surface area contributed by atoms with Crippen molar-refractivity contribution in [2.45, 2.75) is 45.3 Å². The molecule has 8 heteroatoms. The van der Waals surface area contributed by atoms with Crippen LogP contribution < -0.4 is 10.6 Å². The molecule has 2 amide bonds. The summed E-state index contributed by atoms with van der Waals surface area (Å²) < 4.78 is 10.0. The second-order valence-electron chi connectivity index (χ2n) is 7.78. The average molecular weight is 391 g/mol. The summed E-state index contributed by atoms with van der Waals surface area (Å²) in [5.74, 6) is -0.695. The number of likely N-dealkylation sites (tertiary alicyclic amines) is 1. The van der Waals surface area contributed by atoms with E-state index in [4.69, 9.17) is 9.47 Å². The summed E-state index contributed by atoms with van der Waals surface area (Å²) in [6, 6.07) is 6.77. The van der Waals surface area contributed by atoms with Gasteiger partial charge in [0.15, 0.2) is 0 Å². The van der Waals surface area contributed by atoms with Gasteiger partial charge in [0.25, 0.3) is 0 Å². The van der Waals surface area contributed by atoms with Gasteiger partial charge in [-0.25, -0.2) is 9.59 Å². The van der Waals surface area contributed by atoms with Gasteiger partial charge in [-0.2, -0.15) is 0 Å². The third kappa shape index (κ3) is 6.84. The van der Waals surface area contributed by atoms with Gasteiger partial charge in [-0.1, -0.05) is 12.1 Å². The lowest BCUT2D eigenvalue weighted by Crippen LogP contribution is -2.47. The third-order valence-electron chi connectivity index (χ3n) is 4.28. The first-order chi connectivity index (χ1) is 13.2. The Morgan fingerprint density at radius 2 is 1.79 bits per heavy atom. The highest BCUT2D eigenvalue weighted by Gasteiger charge is 2.24. The number of alkyl carbamates (subject to hydrolysis) is 1. The molecule has 0 saturated carbocycles. The largest absolute Gasteiger partial charge is 0.465 e. The highest BCUT2D eigenvalue weighted by atomic mass is 16.6. The minimum Gasteiger partial charge on any atom is -0.465 e. The standard InChI is InChI=1S/C20H29N3O5/c1-20(2,3)28-19(26)21-14-9-11-23(12-10-14)13-17(24)22-16-8-6-5-7-15(16)18(25)27-4/h5-8,14H,9-13H2,1-4H3,(H,21,26)(H,22,24). The van der Waals surface area contributed by atoms with Crippen LogP contribution >= 0.6 is 0 Å². The van der Waals surface area contributed by atoms with E-state index in [-0.39, 0.29) is 18.5 Å². The van der Waals surface area contributed by atoms with Gasteiger partial charge in [0.05, 0.1) is 24.9 Å². The lowest BCUT2D eigenvalue weighted by atomic mass is 10.1. The number of ether oxygens (including phenoxy) is 2. The van der Waals surface area contributed by atoms with Crippen molar-refractivity contribution in [3.8, 4) is 0 Å². The van der Waals surface area contributed by atoms with Crippen molar-refractivity contribution in [2.24, 2.45) is 0 Å². The van der Waals surface area contributed by atoms with Crippen molar-refractivity contribution in [3.63, 3.8) is 0 Å². The van der Waals surface area contributed by atoms with Gasteiger partial charge in [0.2, 0.25) is 5.91 Å². The first kappa shape index (κ1) is 21.7. The maximum Gasteiger partial charge on any atom is 0.407 e. The molecule has 2 rings (SSSR count). The van der Waals surface area contributed by atoms with Gasteiger partial charge in [-0.3, -0.25) is 9.69 Å². The molecule has 1 aliphatic rings. The summed E-state index contributed by atoms with van der Waals surface area (Å²) in [5.41, 5.74) is 0.225. The van der Waals surface area contributed by atoms with Gasteiger partial charge in [-0.15, -0.1) is 0 Å². The number of hydrogen-bond acceptors (Lipinski definition) is 6. The van der Waals surface area contributed by atoms with Crippen molar-refractivity contribution >= 4 is 23.7 Å². The predicted octanol–water partition coefficient (Wildman–Crippen LogP) is 2.40. The van der Waals surface area contributed by atoms with Crippen molar-refractivity contribution in [3.05, 3.63) is 29.8 Å². The molecular weight excluding hydrogens is 362 g/mol. The Morgan fingerprint density at radius 1 is 1.14 bits per heavy atom. The van der Waals surface area contributed by atoms with Crippen LogP contribution in [0, 0.1) is 0 Å². The molecule has 0 aliphatic carbocycles.